The van der Waals surface area contributed by atoms with E-state index < -0.39 is 36.6 Å². The van der Waals surface area contributed by atoms with Gasteiger partial charge in [0.2, 0.25) is 17.7 Å². The summed E-state index contributed by atoms with van der Waals surface area (Å²) in [5.74, 6) is -1.12. The quantitative estimate of drug-likeness (QED) is 0.0797. The fourth-order valence-electron chi connectivity index (χ4n) is 4.19. The summed E-state index contributed by atoms with van der Waals surface area (Å²) < 4.78 is 18.6. The van der Waals surface area contributed by atoms with Gasteiger partial charge in [-0.05, 0) is 40.8 Å². The van der Waals surface area contributed by atoms with Gasteiger partial charge in [0.05, 0.1) is 18.3 Å². The summed E-state index contributed by atoms with van der Waals surface area (Å²) in [6.07, 6.45) is 0.159. The number of amides is 3. The lowest BCUT2D eigenvalue weighted by atomic mass is 9.96. The van der Waals surface area contributed by atoms with E-state index in [1.807, 2.05) is 32.8 Å². The van der Waals surface area contributed by atoms with E-state index in [1.54, 1.807) is 10.9 Å². The second-order valence-corrected chi connectivity index (χ2v) is 10.7. The van der Waals surface area contributed by atoms with Gasteiger partial charge in [-0.25, -0.2) is 4.68 Å². The van der Waals surface area contributed by atoms with Gasteiger partial charge in [0, 0.05) is 32.8 Å². The zero-order chi connectivity index (χ0) is 30.4. The Hall–Kier alpha value is -2.69. The third-order valence-corrected chi connectivity index (χ3v) is 6.18. The van der Waals surface area contributed by atoms with E-state index in [-0.39, 0.29) is 37.6 Å². The Morgan fingerprint density at radius 1 is 1.10 bits per heavy atom. The average molecular weight is 586 g/mol. The van der Waals surface area contributed by atoms with Crippen LogP contribution in [0.1, 0.15) is 58.6 Å². The maximum absolute atomic E-state index is 11.9. The maximum atomic E-state index is 11.9. The first kappa shape index (κ1) is 34.5. The van der Waals surface area contributed by atoms with Crippen molar-refractivity contribution in [3.05, 3.63) is 11.9 Å². The number of carbonyl (C=O) groups is 3. The van der Waals surface area contributed by atoms with Crippen LogP contribution >= 0.6 is 0 Å². The lowest BCUT2D eigenvalue weighted by Crippen LogP contribution is -2.64. The van der Waals surface area contributed by atoms with Crippen molar-refractivity contribution in [3.8, 4) is 0 Å². The van der Waals surface area contributed by atoms with Crippen LogP contribution in [-0.2, 0) is 41.7 Å². The molecule has 0 aliphatic carbocycles. The monoisotopic (exact) mass is 585 g/mol. The molecule has 1 fully saturated rings. The van der Waals surface area contributed by atoms with Crippen molar-refractivity contribution in [1.29, 1.82) is 0 Å². The lowest BCUT2D eigenvalue weighted by molar-refractivity contribution is -0.267. The van der Waals surface area contributed by atoms with Gasteiger partial charge in [-0.1, -0.05) is 18.1 Å². The second-order valence-electron chi connectivity index (χ2n) is 10.7. The number of aliphatic hydroxyl groups is 2. The van der Waals surface area contributed by atoms with E-state index in [2.05, 4.69) is 26.3 Å². The largest absolute Gasteiger partial charge is 0.388 e. The summed E-state index contributed by atoms with van der Waals surface area (Å²) in [6.45, 7) is 6.60. The maximum Gasteiger partial charge on any atom is 0.231 e. The van der Waals surface area contributed by atoms with E-state index in [9.17, 15) is 24.6 Å². The first-order valence-corrected chi connectivity index (χ1v) is 14.0. The van der Waals surface area contributed by atoms with Crippen LogP contribution in [0.5, 0.6) is 0 Å². The Kier molecular flexibility index (Phi) is 15.1. The van der Waals surface area contributed by atoms with E-state index in [4.69, 9.17) is 14.2 Å². The number of aromatic nitrogens is 3. The predicted molar refractivity (Wildman–Crippen MR) is 147 cm³/mol. The van der Waals surface area contributed by atoms with Crippen molar-refractivity contribution in [2.75, 3.05) is 34.0 Å². The Bertz CT molecular complexity index is 945. The van der Waals surface area contributed by atoms with Gasteiger partial charge in [0.15, 0.2) is 6.29 Å². The zero-order valence-corrected chi connectivity index (χ0v) is 24.7. The molecule has 5 unspecified atom stereocenters. The molecule has 0 radical (unpaired) electrons. The fraction of sp³-hybridized carbons (Fsp3) is 0.808. The highest BCUT2D eigenvalue weighted by Crippen LogP contribution is 2.24. The van der Waals surface area contributed by atoms with E-state index in [1.165, 1.54) is 6.92 Å². The number of unbranched alkanes of at least 4 members (excludes halogenated alkanes) is 3. The van der Waals surface area contributed by atoms with Crippen LogP contribution in [0.25, 0.3) is 0 Å². The minimum Gasteiger partial charge on any atom is -0.388 e. The molecule has 2 rings (SSSR count). The number of nitrogens with zero attached hydrogens (tertiary/aromatic N) is 4. The molecule has 5 N–H and O–H groups in total. The normalized spacial score (nSPS) is 22.6. The van der Waals surface area contributed by atoms with Crippen LogP contribution in [0.3, 0.4) is 0 Å². The van der Waals surface area contributed by atoms with Crippen molar-refractivity contribution in [3.63, 3.8) is 0 Å². The molecular formula is C26H47N7O8. The molecule has 15 nitrogen and oxygen atoms in total. The van der Waals surface area contributed by atoms with E-state index in [0.29, 0.717) is 26.1 Å². The highest BCUT2D eigenvalue weighted by molar-refractivity contribution is 5.96. The molecule has 3 amide bonds. The molecule has 2 heterocycles. The van der Waals surface area contributed by atoms with Gasteiger partial charge in [0.1, 0.15) is 37.5 Å². The third kappa shape index (κ3) is 13.2. The first-order chi connectivity index (χ1) is 19.5. The highest BCUT2D eigenvalue weighted by Gasteiger charge is 2.45. The number of nitrogens with one attached hydrogen (secondary N) is 3. The average Bonchev–Trinajstić information content (AvgIpc) is 3.31. The van der Waals surface area contributed by atoms with Gasteiger partial charge in [-0.3, -0.25) is 14.4 Å². The molecule has 0 aromatic carbocycles. The van der Waals surface area contributed by atoms with Gasteiger partial charge < -0.3 is 45.3 Å². The van der Waals surface area contributed by atoms with Gasteiger partial charge in [0.25, 0.3) is 0 Å². The zero-order valence-electron chi connectivity index (χ0n) is 24.7. The Morgan fingerprint density at radius 2 is 1.80 bits per heavy atom. The molecule has 1 aromatic rings. The summed E-state index contributed by atoms with van der Waals surface area (Å²) in [4.78, 5) is 37.3. The molecule has 5 atom stereocenters. The van der Waals surface area contributed by atoms with Crippen LogP contribution in [0.2, 0.25) is 0 Å². The number of rotatable bonds is 18. The van der Waals surface area contributed by atoms with E-state index >= 15 is 0 Å². The number of ether oxygens (including phenoxy) is 3. The number of hydrogen-bond acceptors (Lipinski definition) is 11. The summed E-state index contributed by atoms with van der Waals surface area (Å²) in [6, 6.07) is -0.942. The van der Waals surface area contributed by atoms with Crippen LogP contribution in [0.15, 0.2) is 6.20 Å². The molecule has 0 saturated carbocycles. The van der Waals surface area contributed by atoms with Gasteiger partial charge in [-0.15, -0.1) is 5.10 Å². The fourth-order valence-corrected chi connectivity index (χ4v) is 4.19. The summed E-state index contributed by atoms with van der Waals surface area (Å²) in [7, 11) is 3.83. The summed E-state index contributed by atoms with van der Waals surface area (Å²) in [5.41, 5.74) is 0.752. The lowest BCUT2D eigenvalue weighted by Gasteiger charge is -2.42. The topological polar surface area (TPSA) is 189 Å². The van der Waals surface area contributed by atoms with Crippen molar-refractivity contribution >= 4 is 17.7 Å². The first-order valence-electron chi connectivity index (χ1n) is 14.0. The van der Waals surface area contributed by atoms with Crippen molar-refractivity contribution in [1.82, 2.24) is 35.8 Å². The second kappa shape index (κ2) is 18.0. The van der Waals surface area contributed by atoms with Crippen LogP contribution in [-0.4, -0.2) is 119 Å². The number of carbonyl (C=O) groups excluding carboxylic acids is 3. The molecule has 1 aliphatic heterocycles. The Balaban J connectivity index is 1.73. The molecule has 1 aromatic heterocycles. The molecule has 0 bridgehead atoms. The molecule has 41 heavy (non-hydrogen) atoms. The number of hydrogen-bond donors (Lipinski definition) is 5. The molecule has 1 saturated heterocycles. The molecule has 15 heteroatoms. The van der Waals surface area contributed by atoms with Gasteiger partial charge in [-0.2, -0.15) is 0 Å². The SMILES string of the molecule is CC(=O)NC1C(OCCCCCCNC(=O)CC(=O)NCOC(C)C)OC(Cn2cc(CN(C)C)nn2)C(O)C1O. The smallest absolute Gasteiger partial charge is 0.231 e. The van der Waals surface area contributed by atoms with Crippen molar-refractivity contribution in [2.24, 2.45) is 0 Å². The summed E-state index contributed by atoms with van der Waals surface area (Å²) in [5, 5.41) is 37.5. The van der Waals surface area contributed by atoms with Gasteiger partial charge >= 0.3 is 0 Å². The minimum absolute atomic E-state index is 0.00738. The minimum atomic E-state index is -1.30. The van der Waals surface area contributed by atoms with Crippen LogP contribution in [0.4, 0.5) is 0 Å². The van der Waals surface area contributed by atoms with Crippen LogP contribution < -0.4 is 16.0 Å². The Labute approximate surface area is 241 Å². The predicted octanol–water partition coefficient (Wildman–Crippen LogP) is -1.13. The third-order valence-electron chi connectivity index (χ3n) is 6.18. The highest BCUT2D eigenvalue weighted by atomic mass is 16.7. The van der Waals surface area contributed by atoms with E-state index in [0.717, 1.165) is 25.0 Å². The molecule has 234 valence electrons. The van der Waals surface area contributed by atoms with Crippen molar-refractivity contribution in [2.45, 2.75) is 103 Å². The molecule has 1 aliphatic rings. The Morgan fingerprint density at radius 3 is 2.49 bits per heavy atom. The molecule has 0 spiro atoms. The van der Waals surface area contributed by atoms with Crippen LogP contribution in [0, 0.1) is 0 Å². The summed E-state index contributed by atoms with van der Waals surface area (Å²) >= 11 is 0. The van der Waals surface area contributed by atoms with Crippen molar-refractivity contribution < 1.29 is 38.8 Å². The molecular weight excluding hydrogens is 538 g/mol. The number of aliphatic hydroxyl groups excluding tert-OH is 2. The standard InChI is InChI=1S/C26H47N7O8/c1-17(2)40-16-28-22(36)12-21(35)27-10-8-6-7-9-11-39-26-23(29-18(3)34)25(38)24(37)20(41-26)15-33-14-19(30-31-33)13-32(4)5/h14,17,20,23-26,37-38H,6-13,15-16H2,1-5H3,(H,27,35)(H,28,36)(H,29,34).